The molecular weight excluding hydrogens is 368 g/mol. The predicted octanol–water partition coefficient (Wildman–Crippen LogP) is 4.55. The highest BCUT2D eigenvalue weighted by Crippen LogP contribution is 2.25. The number of carbonyl (C=O) groups excluding carboxylic acids is 1. The van der Waals surface area contributed by atoms with Crippen molar-refractivity contribution in [3.63, 3.8) is 0 Å². The number of nitrogens with one attached hydrogen (secondary N) is 1. The zero-order chi connectivity index (χ0) is 19.3. The monoisotopic (exact) mass is 392 g/mol. The number of imidazole rings is 1. The Morgan fingerprint density at radius 2 is 1.89 bits per heavy atom. The molecule has 28 heavy (non-hydrogen) atoms. The lowest BCUT2D eigenvalue weighted by Gasteiger charge is -2.17. The lowest BCUT2D eigenvalue weighted by Crippen LogP contribution is -2.18. The van der Waals surface area contributed by atoms with E-state index in [9.17, 15) is 4.79 Å². The van der Waals surface area contributed by atoms with Crippen LogP contribution in [0.25, 0.3) is 11.0 Å². The summed E-state index contributed by atoms with van der Waals surface area (Å²) in [7, 11) is 0. The van der Waals surface area contributed by atoms with Gasteiger partial charge < -0.3 is 14.8 Å². The Hall–Kier alpha value is -2.73. The summed E-state index contributed by atoms with van der Waals surface area (Å²) in [4.78, 5) is 19.5. The molecule has 2 aromatic carbocycles. The number of hydrogen-bond acceptors (Lipinski definition) is 4. The maximum absolute atomic E-state index is 12.4. The molecule has 1 aliphatic rings. The maximum Gasteiger partial charge on any atom is 0.234 e. The number of amides is 1. The molecule has 1 saturated heterocycles. The number of allylic oxidation sites excluding steroid dienone is 1. The zero-order valence-electron chi connectivity index (χ0n) is 15.8. The van der Waals surface area contributed by atoms with Gasteiger partial charge in [-0.05, 0) is 49.2 Å². The SMILES string of the molecule is C=CCn1c(SCC(=O)Nc2ccc(N3CCCC3)cc2)nc2ccccc21. The van der Waals surface area contributed by atoms with Gasteiger partial charge in [0.2, 0.25) is 5.91 Å². The molecule has 5 nitrogen and oxygen atoms in total. The Balaban J connectivity index is 1.38. The predicted molar refractivity (Wildman–Crippen MR) is 117 cm³/mol. The van der Waals surface area contributed by atoms with Crippen LogP contribution in [0.3, 0.4) is 0 Å². The van der Waals surface area contributed by atoms with Crippen molar-refractivity contribution in [2.75, 3.05) is 29.1 Å². The molecule has 0 spiro atoms. The van der Waals surface area contributed by atoms with Gasteiger partial charge >= 0.3 is 0 Å². The van der Waals surface area contributed by atoms with Crippen LogP contribution in [-0.4, -0.2) is 34.3 Å². The third-order valence-corrected chi connectivity index (χ3v) is 5.86. The quantitative estimate of drug-likeness (QED) is 0.473. The summed E-state index contributed by atoms with van der Waals surface area (Å²) < 4.78 is 2.09. The van der Waals surface area contributed by atoms with Crippen LogP contribution in [0.5, 0.6) is 0 Å². The van der Waals surface area contributed by atoms with Gasteiger partial charge in [0.05, 0.1) is 16.8 Å². The van der Waals surface area contributed by atoms with Crippen molar-refractivity contribution in [2.45, 2.75) is 24.5 Å². The standard InChI is InChI=1S/C22H24N4OS/c1-2-13-26-20-8-4-3-7-19(20)24-22(26)28-16-21(27)23-17-9-11-18(12-10-17)25-14-5-6-15-25/h2-4,7-12H,1,5-6,13-16H2,(H,23,27). The molecule has 2 heterocycles. The Morgan fingerprint density at radius 3 is 2.64 bits per heavy atom. The first-order valence-corrected chi connectivity index (χ1v) is 10.6. The molecule has 0 aliphatic carbocycles. The molecule has 1 fully saturated rings. The number of thioether (sulfide) groups is 1. The summed E-state index contributed by atoms with van der Waals surface area (Å²) in [5, 5.41) is 3.81. The molecule has 1 aliphatic heterocycles. The highest BCUT2D eigenvalue weighted by molar-refractivity contribution is 7.99. The van der Waals surface area contributed by atoms with E-state index in [1.54, 1.807) is 0 Å². The molecule has 1 N–H and O–H groups in total. The molecule has 0 unspecified atom stereocenters. The van der Waals surface area contributed by atoms with Crippen LogP contribution in [0.4, 0.5) is 11.4 Å². The summed E-state index contributed by atoms with van der Waals surface area (Å²) in [6, 6.07) is 16.1. The van der Waals surface area contributed by atoms with Gasteiger partial charge in [0.1, 0.15) is 0 Å². The number of fused-ring (bicyclic) bond motifs is 1. The minimum Gasteiger partial charge on any atom is -0.372 e. The average molecular weight is 393 g/mol. The van der Waals surface area contributed by atoms with Crippen molar-refractivity contribution in [2.24, 2.45) is 0 Å². The summed E-state index contributed by atoms with van der Waals surface area (Å²) in [6.45, 7) is 6.74. The largest absolute Gasteiger partial charge is 0.372 e. The van der Waals surface area contributed by atoms with Crippen LogP contribution < -0.4 is 10.2 Å². The fourth-order valence-electron chi connectivity index (χ4n) is 3.53. The second kappa shape index (κ2) is 8.52. The molecule has 6 heteroatoms. The van der Waals surface area contributed by atoms with Gasteiger partial charge in [-0.1, -0.05) is 30.0 Å². The van der Waals surface area contributed by atoms with Gasteiger partial charge in [-0.3, -0.25) is 4.79 Å². The number of benzene rings is 2. The van der Waals surface area contributed by atoms with Crippen molar-refractivity contribution in [1.29, 1.82) is 0 Å². The average Bonchev–Trinajstić information content (AvgIpc) is 3.36. The van der Waals surface area contributed by atoms with Gasteiger partial charge in [0.15, 0.2) is 5.16 Å². The number of carbonyl (C=O) groups is 1. The second-order valence-electron chi connectivity index (χ2n) is 6.86. The first kappa shape index (κ1) is 18.6. The first-order chi connectivity index (χ1) is 13.7. The van der Waals surface area contributed by atoms with Gasteiger partial charge in [-0.15, -0.1) is 6.58 Å². The second-order valence-corrected chi connectivity index (χ2v) is 7.80. The van der Waals surface area contributed by atoms with Crippen molar-refractivity contribution in [3.8, 4) is 0 Å². The molecule has 0 atom stereocenters. The molecule has 144 valence electrons. The molecule has 1 amide bonds. The van der Waals surface area contributed by atoms with E-state index < -0.39 is 0 Å². The minimum absolute atomic E-state index is 0.0314. The molecule has 0 radical (unpaired) electrons. The zero-order valence-corrected chi connectivity index (χ0v) is 16.6. The Bertz CT molecular complexity index is 974. The highest BCUT2D eigenvalue weighted by Gasteiger charge is 2.14. The molecule has 3 aromatic rings. The van der Waals surface area contributed by atoms with Crippen molar-refractivity contribution in [1.82, 2.24) is 9.55 Å². The van der Waals surface area contributed by atoms with E-state index in [2.05, 4.69) is 38.5 Å². The Morgan fingerprint density at radius 1 is 1.14 bits per heavy atom. The molecular formula is C22H24N4OS. The number of aromatic nitrogens is 2. The number of anilines is 2. The fraction of sp³-hybridized carbons (Fsp3) is 0.273. The van der Waals surface area contributed by atoms with E-state index in [4.69, 9.17) is 0 Å². The molecule has 0 saturated carbocycles. The Kier molecular flexibility index (Phi) is 5.67. The number of nitrogens with zero attached hydrogens (tertiary/aromatic N) is 3. The maximum atomic E-state index is 12.4. The van der Waals surface area contributed by atoms with E-state index in [1.807, 2.05) is 42.5 Å². The van der Waals surface area contributed by atoms with E-state index in [0.29, 0.717) is 12.3 Å². The van der Waals surface area contributed by atoms with Gasteiger partial charge in [-0.25, -0.2) is 4.98 Å². The molecule has 4 rings (SSSR count). The molecule has 0 bridgehead atoms. The van der Waals surface area contributed by atoms with Gasteiger partial charge in [0.25, 0.3) is 0 Å². The summed E-state index contributed by atoms with van der Waals surface area (Å²) in [5.74, 6) is 0.282. The van der Waals surface area contributed by atoms with E-state index in [1.165, 1.54) is 30.3 Å². The lowest BCUT2D eigenvalue weighted by molar-refractivity contribution is -0.113. The van der Waals surface area contributed by atoms with Gasteiger partial charge in [-0.2, -0.15) is 0 Å². The van der Waals surface area contributed by atoms with E-state index in [-0.39, 0.29) is 5.91 Å². The lowest BCUT2D eigenvalue weighted by atomic mass is 10.2. The van der Waals surface area contributed by atoms with Crippen molar-refractivity contribution >= 4 is 40.1 Å². The van der Waals surface area contributed by atoms with Crippen LogP contribution in [0.2, 0.25) is 0 Å². The van der Waals surface area contributed by atoms with Crippen LogP contribution in [0.1, 0.15) is 12.8 Å². The van der Waals surface area contributed by atoms with Crippen LogP contribution in [-0.2, 0) is 11.3 Å². The number of para-hydroxylation sites is 2. The third kappa shape index (κ3) is 4.07. The first-order valence-electron chi connectivity index (χ1n) is 9.58. The van der Waals surface area contributed by atoms with Crippen molar-refractivity contribution in [3.05, 3.63) is 61.2 Å². The smallest absolute Gasteiger partial charge is 0.234 e. The van der Waals surface area contributed by atoms with Crippen LogP contribution in [0.15, 0.2) is 66.3 Å². The van der Waals surface area contributed by atoms with Crippen molar-refractivity contribution < 1.29 is 4.79 Å². The molecule has 1 aromatic heterocycles. The van der Waals surface area contributed by atoms with Gasteiger partial charge in [0, 0.05) is 31.0 Å². The summed E-state index contributed by atoms with van der Waals surface area (Å²) in [6.07, 6.45) is 4.36. The number of rotatable bonds is 7. The van der Waals surface area contributed by atoms with Crippen LogP contribution >= 0.6 is 11.8 Å². The number of hydrogen-bond donors (Lipinski definition) is 1. The van der Waals surface area contributed by atoms with E-state index in [0.717, 1.165) is 35.0 Å². The van der Waals surface area contributed by atoms with E-state index >= 15 is 0 Å². The summed E-state index contributed by atoms with van der Waals surface area (Å²) in [5.41, 5.74) is 4.05. The normalized spacial score (nSPS) is 13.8. The Labute approximate surface area is 169 Å². The summed E-state index contributed by atoms with van der Waals surface area (Å²) >= 11 is 1.45. The van der Waals surface area contributed by atoms with Crippen LogP contribution in [0, 0.1) is 0 Å². The third-order valence-electron chi connectivity index (χ3n) is 4.89. The highest BCUT2D eigenvalue weighted by atomic mass is 32.2. The minimum atomic E-state index is -0.0314. The topological polar surface area (TPSA) is 50.2 Å². The fourth-order valence-corrected chi connectivity index (χ4v) is 4.35.